The number of carbonyl (C=O) groups excluding carboxylic acids is 1. The van der Waals surface area contributed by atoms with Crippen LogP contribution in [0.15, 0.2) is 30.3 Å². The number of piperidine rings is 1. The van der Waals surface area contributed by atoms with Gasteiger partial charge in [0.1, 0.15) is 5.52 Å². The highest BCUT2D eigenvalue weighted by Gasteiger charge is 2.54. The molecule has 242 valence electrons. The third-order valence-corrected chi connectivity index (χ3v) is 11.9. The number of pyridine rings is 1. The number of benzene rings is 2. The smallest absolute Gasteiger partial charge is 0.226 e. The molecule has 10 rings (SSSR count). The lowest BCUT2D eigenvalue weighted by Crippen LogP contribution is -2.57. The van der Waals surface area contributed by atoms with Crippen molar-refractivity contribution in [2.45, 2.75) is 75.3 Å². The summed E-state index contributed by atoms with van der Waals surface area (Å²) in [6, 6.07) is 11.7. The van der Waals surface area contributed by atoms with Crippen molar-refractivity contribution in [3.63, 3.8) is 0 Å². The summed E-state index contributed by atoms with van der Waals surface area (Å²) in [6.07, 6.45) is 5.95. The van der Waals surface area contributed by atoms with Gasteiger partial charge < -0.3 is 20.5 Å². The van der Waals surface area contributed by atoms with E-state index in [1.54, 1.807) is 18.2 Å². The number of nitriles is 1. The average Bonchev–Trinajstić information content (AvgIpc) is 3.38. The number of likely N-dealkylation sites (tertiary alicyclic amines) is 1. The molecule has 7 nitrogen and oxygen atoms in total. The molecule has 2 aromatic carbocycles. The van der Waals surface area contributed by atoms with E-state index >= 15 is 4.39 Å². The minimum atomic E-state index is -1.14. The van der Waals surface area contributed by atoms with Crippen molar-refractivity contribution in [2.75, 3.05) is 13.1 Å². The first kappa shape index (κ1) is 32.1. The van der Waals surface area contributed by atoms with Gasteiger partial charge in [0.2, 0.25) is 5.91 Å². The topological polar surface area (TPSA) is 96.8 Å². The molecule has 1 amide bonds. The molecule has 6 aliphatic rings. The summed E-state index contributed by atoms with van der Waals surface area (Å²) in [7, 11) is 13.1. The number of nitrogens with one attached hydrogen (secondary N) is 3. The standard InChI is InChI=1S/C31H26B2Cl2FN5O.C5H9N/c1-14-19-12-23(29-21-11-17(13-38-31(21,32)33)41(29)30(42)15-7-8-15)40-27(19)20-10-16(4-3-9-37)24(26(36)28(20)39-14)18-5-2-6-22(34)25(18)35;1-4-2-5(1)6-3-4/h2,5-6,10,12,15,17,21,29,38,40H,3-4,7-8,11,13H2,1H3;4-6H,1-3H2. The van der Waals surface area contributed by atoms with Gasteiger partial charge in [-0.05, 0) is 87.6 Å². The number of H-pyrrole nitrogens is 1. The molecule has 4 aliphatic heterocycles. The Labute approximate surface area is 292 Å². The Hall–Kier alpha value is -3.09. The number of aryl methyl sites for hydroxylation is 2. The molecule has 4 aromatic rings. The molecule has 2 aliphatic carbocycles. The second kappa shape index (κ2) is 12.1. The molecule has 6 heterocycles. The first-order valence-electron chi connectivity index (χ1n) is 16.9. The van der Waals surface area contributed by atoms with E-state index in [1.807, 2.05) is 24.0 Å². The van der Waals surface area contributed by atoms with Gasteiger partial charge in [-0.1, -0.05) is 40.7 Å². The molecule has 6 fully saturated rings. The van der Waals surface area contributed by atoms with Crippen molar-refractivity contribution in [2.24, 2.45) is 17.8 Å². The molecule has 2 aromatic heterocycles. The molecular formula is C36H35B2Cl2FN6O. The summed E-state index contributed by atoms with van der Waals surface area (Å²) in [5.41, 5.74) is 3.70. The second-order valence-electron chi connectivity index (χ2n) is 14.3. The van der Waals surface area contributed by atoms with Crippen molar-refractivity contribution < 1.29 is 9.18 Å². The second-order valence-corrected chi connectivity index (χ2v) is 15.1. The fourth-order valence-electron chi connectivity index (χ4n) is 8.38. The maximum Gasteiger partial charge on any atom is 0.226 e. The molecule has 3 atom stereocenters. The number of carbonyl (C=O) groups is 1. The number of hydrogen-bond donors (Lipinski definition) is 3. The number of fused-ring (bicyclic) bond motifs is 6. The molecule has 3 N–H and O–H groups in total. The van der Waals surface area contributed by atoms with Crippen LogP contribution in [0.5, 0.6) is 0 Å². The SMILES string of the molecule is C1NC2CC1C2.[B]C1([B])NCC2CC1C(c1cc3c(C)nc4c(F)c(-c5cccc(Cl)c5Cl)c(CCC#N)cc4c3[nH]1)N2C(=O)C1CC1. The van der Waals surface area contributed by atoms with Crippen LogP contribution in [0.3, 0.4) is 0 Å². The first-order valence-corrected chi connectivity index (χ1v) is 17.6. The number of aromatic amines is 1. The number of amides is 1. The van der Waals surface area contributed by atoms with E-state index in [2.05, 4.69) is 21.7 Å². The summed E-state index contributed by atoms with van der Waals surface area (Å²) >= 11 is 12.8. The van der Waals surface area contributed by atoms with Crippen LogP contribution in [0.2, 0.25) is 10.0 Å². The van der Waals surface area contributed by atoms with Crippen molar-refractivity contribution in [1.29, 1.82) is 5.26 Å². The quantitative estimate of drug-likeness (QED) is 0.218. The van der Waals surface area contributed by atoms with Crippen molar-refractivity contribution in [3.05, 3.63) is 63.1 Å². The fraction of sp³-hybridized carbons (Fsp3) is 0.472. The predicted molar refractivity (Wildman–Crippen MR) is 189 cm³/mol. The average molecular weight is 679 g/mol. The van der Waals surface area contributed by atoms with Gasteiger partial charge in [0.15, 0.2) is 5.82 Å². The lowest BCUT2D eigenvalue weighted by Gasteiger charge is -2.39. The maximum absolute atomic E-state index is 16.6. The van der Waals surface area contributed by atoms with Crippen LogP contribution in [-0.4, -0.2) is 67.0 Å². The summed E-state index contributed by atoms with van der Waals surface area (Å²) in [4.78, 5) is 23.8. The zero-order valence-electron chi connectivity index (χ0n) is 26.8. The Bertz CT molecular complexity index is 1990. The van der Waals surface area contributed by atoms with Crippen molar-refractivity contribution >= 4 is 66.6 Å². The van der Waals surface area contributed by atoms with E-state index in [1.165, 1.54) is 19.4 Å². The van der Waals surface area contributed by atoms with Crippen LogP contribution in [0.1, 0.15) is 61.5 Å². The molecule has 12 heteroatoms. The minimum absolute atomic E-state index is 0.00395. The van der Waals surface area contributed by atoms with Gasteiger partial charge in [-0.2, -0.15) is 5.26 Å². The monoisotopic (exact) mass is 678 g/mol. The molecular weight excluding hydrogens is 644 g/mol. The summed E-state index contributed by atoms with van der Waals surface area (Å²) in [6.45, 7) is 3.68. The van der Waals surface area contributed by atoms with Crippen LogP contribution in [0.4, 0.5) is 4.39 Å². The van der Waals surface area contributed by atoms with Gasteiger partial charge in [0.05, 0.1) is 43.4 Å². The van der Waals surface area contributed by atoms with Crippen molar-refractivity contribution in [3.8, 4) is 17.2 Å². The molecule has 48 heavy (non-hydrogen) atoms. The van der Waals surface area contributed by atoms with E-state index in [-0.39, 0.29) is 52.4 Å². The zero-order chi connectivity index (χ0) is 33.5. The van der Waals surface area contributed by atoms with Gasteiger partial charge in [0, 0.05) is 64.3 Å². The first-order chi connectivity index (χ1) is 23.1. The zero-order valence-corrected chi connectivity index (χ0v) is 28.3. The van der Waals surface area contributed by atoms with E-state index in [9.17, 15) is 10.1 Å². The van der Waals surface area contributed by atoms with Gasteiger partial charge in [0.25, 0.3) is 0 Å². The highest BCUT2D eigenvalue weighted by atomic mass is 35.5. The minimum Gasteiger partial charge on any atom is -0.356 e. The summed E-state index contributed by atoms with van der Waals surface area (Å²) in [5.74, 6) is 0.512. The predicted octanol–water partition coefficient (Wildman–Crippen LogP) is 6.22. The lowest BCUT2D eigenvalue weighted by atomic mass is 9.52. The third-order valence-electron chi connectivity index (χ3n) is 11.1. The third kappa shape index (κ3) is 5.33. The van der Waals surface area contributed by atoms with Gasteiger partial charge in [-0.15, -0.1) is 0 Å². The number of nitrogens with zero attached hydrogens (tertiary/aromatic N) is 3. The number of rotatable bonds is 5. The van der Waals surface area contributed by atoms with Crippen LogP contribution >= 0.6 is 23.2 Å². The largest absolute Gasteiger partial charge is 0.356 e. The maximum atomic E-state index is 16.6. The molecule has 3 unspecified atom stereocenters. The Morgan fingerprint density at radius 3 is 2.62 bits per heavy atom. The van der Waals surface area contributed by atoms with E-state index in [4.69, 9.17) is 43.9 Å². The Balaban J connectivity index is 0.000000499. The van der Waals surface area contributed by atoms with Gasteiger partial charge in [-0.25, -0.2) is 9.37 Å². The molecule has 4 bridgehead atoms. The lowest BCUT2D eigenvalue weighted by molar-refractivity contribution is -0.135. The summed E-state index contributed by atoms with van der Waals surface area (Å²) in [5, 5.41) is 16.8. The van der Waals surface area contributed by atoms with Crippen LogP contribution in [0, 0.1) is 41.8 Å². The Morgan fingerprint density at radius 1 is 1.17 bits per heavy atom. The van der Waals surface area contributed by atoms with E-state index in [0.29, 0.717) is 52.1 Å². The Morgan fingerprint density at radius 2 is 1.96 bits per heavy atom. The number of halogens is 3. The summed E-state index contributed by atoms with van der Waals surface area (Å²) < 4.78 is 16.6. The fourth-order valence-corrected chi connectivity index (χ4v) is 8.77. The van der Waals surface area contributed by atoms with Gasteiger partial charge >= 0.3 is 0 Å². The van der Waals surface area contributed by atoms with Crippen molar-refractivity contribution in [1.82, 2.24) is 25.5 Å². The normalized spacial score (nSPS) is 26.6. The highest BCUT2D eigenvalue weighted by Crippen LogP contribution is 2.50. The van der Waals surface area contributed by atoms with E-state index < -0.39 is 11.2 Å². The van der Waals surface area contributed by atoms with Crippen LogP contribution in [0.25, 0.3) is 32.9 Å². The van der Waals surface area contributed by atoms with E-state index in [0.717, 1.165) is 35.9 Å². The molecule has 4 saturated heterocycles. The van der Waals surface area contributed by atoms with Gasteiger partial charge in [-0.3, -0.25) is 4.79 Å². The van der Waals surface area contributed by atoms with Crippen LogP contribution in [-0.2, 0) is 11.2 Å². The molecule has 4 radical (unpaired) electrons. The number of hydrogen-bond acceptors (Lipinski definition) is 5. The van der Waals surface area contributed by atoms with Crippen LogP contribution < -0.4 is 10.6 Å². The Kier molecular flexibility index (Phi) is 8.07. The highest BCUT2D eigenvalue weighted by molar-refractivity contribution is 6.43. The number of aromatic nitrogens is 2. The molecule has 0 spiro atoms. The molecule has 2 saturated carbocycles.